The number of hydrogen-bond donors (Lipinski definition) is 1. The van der Waals surface area contributed by atoms with Gasteiger partial charge in [-0.05, 0) is 30.7 Å². The molecule has 0 amide bonds. The van der Waals surface area contributed by atoms with Crippen molar-refractivity contribution >= 4 is 0 Å². The van der Waals surface area contributed by atoms with Crippen LogP contribution in [0.4, 0.5) is 0 Å². The minimum absolute atomic E-state index is 0.518. The molecule has 80 valence electrons. The lowest BCUT2D eigenvalue weighted by Gasteiger charge is -2.28. The van der Waals surface area contributed by atoms with E-state index < -0.39 is 0 Å². The Hall–Kier alpha value is -0.0400. The first-order valence-corrected chi connectivity index (χ1v) is 5.74. The zero-order chi connectivity index (χ0) is 10.3. The smallest absolute Gasteiger partial charge is 0.000517 e. The van der Waals surface area contributed by atoms with Gasteiger partial charge >= 0.3 is 0 Å². The maximum Gasteiger partial charge on any atom is 0.000517 e. The molecule has 0 bridgehead atoms. The predicted octanol–water partition coefficient (Wildman–Crippen LogP) is 3.45. The van der Waals surface area contributed by atoms with E-state index in [1.165, 1.54) is 25.8 Å². The highest BCUT2D eigenvalue weighted by atomic mass is 14.9. The van der Waals surface area contributed by atoms with E-state index in [4.69, 9.17) is 0 Å². The molecule has 1 heteroatoms. The second-order valence-corrected chi connectivity index (χ2v) is 4.94. The van der Waals surface area contributed by atoms with Gasteiger partial charge in [0.05, 0.1) is 0 Å². The minimum atomic E-state index is 0.518. The second-order valence-electron chi connectivity index (χ2n) is 4.94. The van der Waals surface area contributed by atoms with Crippen molar-refractivity contribution in [3.63, 3.8) is 0 Å². The van der Waals surface area contributed by atoms with Crippen LogP contribution in [-0.2, 0) is 0 Å². The molecule has 0 spiro atoms. The van der Waals surface area contributed by atoms with Gasteiger partial charge in [-0.25, -0.2) is 0 Å². The summed E-state index contributed by atoms with van der Waals surface area (Å²) in [5.41, 5.74) is 0.518. The number of nitrogens with one attached hydrogen (secondary N) is 1. The molecule has 1 unspecified atom stereocenters. The zero-order valence-corrected chi connectivity index (χ0v) is 10.1. The average Bonchev–Trinajstić information content (AvgIpc) is 2.04. The maximum atomic E-state index is 3.56. The summed E-state index contributed by atoms with van der Waals surface area (Å²) in [6.45, 7) is 13.8. The first kappa shape index (κ1) is 13.0. The van der Waals surface area contributed by atoms with Gasteiger partial charge in [0.1, 0.15) is 0 Å². The van der Waals surface area contributed by atoms with Crippen molar-refractivity contribution in [3.05, 3.63) is 0 Å². The Morgan fingerprint density at radius 2 is 1.85 bits per heavy atom. The summed E-state index contributed by atoms with van der Waals surface area (Å²) < 4.78 is 0. The fraction of sp³-hybridized carbons (Fsp3) is 1.00. The van der Waals surface area contributed by atoms with Gasteiger partial charge in [0.2, 0.25) is 0 Å². The first-order valence-electron chi connectivity index (χ1n) is 5.74. The van der Waals surface area contributed by atoms with Crippen molar-refractivity contribution in [1.29, 1.82) is 0 Å². The van der Waals surface area contributed by atoms with Crippen molar-refractivity contribution in [1.82, 2.24) is 5.32 Å². The topological polar surface area (TPSA) is 12.0 Å². The molecule has 0 radical (unpaired) electrons. The number of hydrogen-bond acceptors (Lipinski definition) is 1. The summed E-state index contributed by atoms with van der Waals surface area (Å²) in [7, 11) is 0. The van der Waals surface area contributed by atoms with Crippen LogP contribution in [0.1, 0.15) is 53.9 Å². The van der Waals surface area contributed by atoms with Gasteiger partial charge in [0.25, 0.3) is 0 Å². The molecule has 0 aliphatic carbocycles. The molecule has 0 saturated heterocycles. The van der Waals surface area contributed by atoms with E-state index >= 15 is 0 Å². The van der Waals surface area contributed by atoms with E-state index in [1.807, 2.05) is 0 Å². The van der Waals surface area contributed by atoms with Gasteiger partial charge in [0.15, 0.2) is 0 Å². The average molecular weight is 185 g/mol. The molecule has 0 saturated carbocycles. The largest absolute Gasteiger partial charge is 0.316 e. The second kappa shape index (κ2) is 6.42. The highest BCUT2D eigenvalue weighted by Crippen LogP contribution is 2.26. The molecule has 0 heterocycles. The molecule has 0 aliphatic heterocycles. The molecule has 0 fully saturated rings. The Morgan fingerprint density at radius 3 is 2.23 bits per heavy atom. The van der Waals surface area contributed by atoms with Crippen LogP contribution in [0, 0.1) is 11.3 Å². The van der Waals surface area contributed by atoms with Gasteiger partial charge in [0, 0.05) is 6.54 Å². The summed E-state index contributed by atoms with van der Waals surface area (Å²) in [6.07, 6.45) is 3.92. The molecule has 1 N–H and O–H groups in total. The molecule has 0 aromatic carbocycles. The molecular formula is C12H27N. The lowest BCUT2D eigenvalue weighted by Crippen LogP contribution is -2.33. The van der Waals surface area contributed by atoms with E-state index in [2.05, 4.69) is 39.9 Å². The van der Waals surface area contributed by atoms with Crippen LogP contribution in [0.15, 0.2) is 0 Å². The molecular weight excluding hydrogens is 158 g/mol. The fourth-order valence-electron chi connectivity index (χ4n) is 1.66. The van der Waals surface area contributed by atoms with Crippen LogP contribution >= 0.6 is 0 Å². The molecule has 0 aliphatic rings. The summed E-state index contributed by atoms with van der Waals surface area (Å²) in [4.78, 5) is 0. The summed E-state index contributed by atoms with van der Waals surface area (Å²) in [5, 5.41) is 3.56. The van der Waals surface area contributed by atoms with Gasteiger partial charge in [-0.1, -0.05) is 41.0 Å². The lowest BCUT2D eigenvalue weighted by molar-refractivity contribution is 0.263. The van der Waals surface area contributed by atoms with E-state index in [0.29, 0.717) is 5.41 Å². The van der Waals surface area contributed by atoms with Crippen LogP contribution in [0.5, 0.6) is 0 Å². The lowest BCUT2D eigenvalue weighted by atomic mass is 9.83. The van der Waals surface area contributed by atoms with E-state index in [-0.39, 0.29) is 0 Å². The van der Waals surface area contributed by atoms with Gasteiger partial charge < -0.3 is 5.32 Å². The van der Waals surface area contributed by atoms with Crippen LogP contribution in [0.25, 0.3) is 0 Å². The van der Waals surface area contributed by atoms with Crippen LogP contribution in [0.2, 0.25) is 0 Å². The van der Waals surface area contributed by atoms with Crippen LogP contribution < -0.4 is 5.32 Å². The van der Waals surface area contributed by atoms with Crippen LogP contribution in [0.3, 0.4) is 0 Å². The molecule has 0 aromatic rings. The van der Waals surface area contributed by atoms with Gasteiger partial charge in [-0.3, -0.25) is 0 Å². The molecule has 13 heavy (non-hydrogen) atoms. The quantitative estimate of drug-likeness (QED) is 0.640. The third kappa shape index (κ3) is 6.09. The zero-order valence-electron chi connectivity index (χ0n) is 10.1. The molecule has 1 nitrogen and oxygen atoms in total. The third-order valence-electron chi connectivity index (χ3n) is 2.81. The maximum absolute atomic E-state index is 3.56. The molecule has 0 rings (SSSR count). The Kier molecular flexibility index (Phi) is 6.40. The van der Waals surface area contributed by atoms with E-state index in [9.17, 15) is 0 Å². The normalized spacial score (nSPS) is 16.2. The Balaban J connectivity index is 3.69. The van der Waals surface area contributed by atoms with Crippen LogP contribution in [-0.4, -0.2) is 13.1 Å². The van der Waals surface area contributed by atoms with E-state index in [0.717, 1.165) is 12.5 Å². The Bertz CT molecular complexity index is 120. The van der Waals surface area contributed by atoms with Gasteiger partial charge in [-0.2, -0.15) is 0 Å². The fourth-order valence-corrected chi connectivity index (χ4v) is 1.66. The SMILES string of the molecule is CCCC(C)(CC)CNCC(C)C. The highest BCUT2D eigenvalue weighted by Gasteiger charge is 2.19. The van der Waals surface area contributed by atoms with E-state index in [1.54, 1.807) is 0 Å². The predicted molar refractivity (Wildman–Crippen MR) is 61.0 cm³/mol. The van der Waals surface area contributed by atoms with Gasteiger partial charge in [-0.15, -0.1) is 0 Å². The van der Waals surface area contributed by atoms with Crippen molar-refractivity contribution in [2.75, 3.05) is 13.1 Å². The summed E-state index contributed by atoms with van der Waals surface area (Å²) in [6, 6.07) is 0. The Labute approximate surface area is 84.3 Å². The van der Waals surface area contributed by atoms with Crippen molar-refractivity contribution in [3.8, 4) is 0 Å². The Morgan fingerprint density at radius 1 is 1.23 bits per heavy atom. The summed E-state index contributed by atoms with van der Waals surface area (Å²) >= 11 is 0. The standard InChI is InChI=1S/C12H27N/c1-6-8-12(5,7-2)10-13-9-11(3)4/h11,13H,6-10H2,1-5H3. The minimum Gasteiger partial charge on any atom is -0.316 e. The summed E-state index contributed by atoms with van der Waals surface area (Å²) in [5.74, 6) is 0.766. The number of rotatable bonds is 7. The molecule has 1 atom stereocenters. The third-order valence-corrected chi connectivity index (χ3v) is 2.81. The monoisotopic (exact) mass is 185 g/mol. The molecule has 0 aromatic heterocycles. The van der Waals surface area contributed by atoms with Crippen molar-refractivity contribution < 1.29 is 0 Å². The van der Waals surface area contributed by atoms with Crippen molar-refractivity contribution in [2.45, 2.75) is 53.9 Å². The first-order chi connectivity index (χ1) is 6.04. The highest BCUT2D eigenvalue weighted by molar-refractivity contribution is 4.74. The van der Waals surface area contributed by atoms with Crippen molar-refractivity contribution in [2.24, 2.45) is 11.3 Å².